The summed E-state index contributed by atoms with van der Waals surface area (Å²) in [5.74, 6) is 1.30. The molecule has 0 aromatic heterocycles. The van der Waals surface area contributed by atoms with Gasteiger partial charge in [0, 0.05) is 6.07 Å². The highest BCUT2D eigenvalue weighted by Gasteiger charge is 2.18. The van der Waals surface area contributed by atoms with Gasteiger partial charge >= 0.3 is 5.97 Å². The van der Waals surface area contributed by atoms with Crippen LogP contribution >= 0.6 is 0 Å². The average Bonchev–Trinajstić information content (AvgIpc) is 2.65. The van der Waals surface area contributed by atoms with Crippen molar-refractivity contribution in [2.75, 3.05) is 28.4 Å². The van der Waals surface area contributed by atoms with Gasteiger partial charge < -0.3 is 18.9 Å². The Hall–Kier alpha value is -2.95. The first-order valence-corrected chi connectivity index (χ1v) is 7.29. The first-order chi connectivity index (χ1) is 11.6. The van der Waals surface area contributed by atoms with Crippen LogP contribution in [-0.2, 0) is 4.74 Å². The molecule has 0 radical (unpaired) electrons. The molecule has 24 heavy (non-hydrogen) atoms. The van der Waals surface area contributed by atoms with Crippen molar-refractivity contribution < 1.29 is 23.7 Å². The third-order valence-corrected chi connectivity index (χ3v) is 3.52. The second-order valence-corrected chi connectivity index (χ2v) is 4.89. The maximum Gasteiger partial charge on any atom is 0.342 e. The van der Waals surface area contributed by atoms with Crippen LogP contribution in [0, 0.1) is 0 Å². The Morgan fingerprint density at radius 2 is 1.50 bits per heavy atom. The Morgan fingerprint density at radius 3 is 2.04 bits per heavy atom. The molecule has 0 fully saturated rings. The third-order valence-electron chi connectivity index (χ3n) is 3.52. The van der Waals surface area contributed by atoms with E-state index in [0.717, 1.165) is 11.3 Å². The Bertz CT molecular complexity index is 732. The maximum absolute atomic E-state index is 12.1. The van der Waals surface area contributed by atoms with Gasteiger partial charge in [-0.1, -0.05) is 24.3 Å². The SMILES string of the molecule is COC(=O)c1c(C=Cc2ccc(OC)cc2)cc(OC)cc1OC. The van der Waals surface area contributed by atoms with E-state index in [1.807, 2.05) is 36.4 Å². The normalized spacial score (nSPS) is 10.5. The third kappa shape index (κ3) is 3.87. The number of carbonyl (C=O) groups excluding carboxylic acids is 1. The molecule has 0 amide bonds. The van der Waals surface area contributed by atoms with Gasteiger partial charge in [-0.05, 0) is 29.3 Å². The molecule has 0 saturated heterocycles. The Labute approximate surface area is 141 Å². The standard InChI is InChI=1S/C19H20O5/c1-21-15-9-6-13(7-10-15)5-8-14-11-16(22-2)12-17(23-3)18(14)19(20)24-4/h5-12H,1-4H3. The summed E-state index contributed by atoms with van der Waals surface area (Å²) in [6.07, 6.45) is 3.71. The minimum atomic E-state index is -0.469. The molecule has 5 nitrogen and oxygen atoms in total. The van der Waals surface area contributed by atoms with E-state index in [-0.39, 0.29) is 0 Å². The minimum absolute atomic E-state index is 0.352. The number of hydrogen-bond acceptors (Lipinski definition) is 5. The molecule has 2 aromatic carbocycles. The minimum Gasteiger partial charge on any atom is -0.497 e. The molecule has 0 atom stereocenters. The van der Waals surface area contributed by atoms with Gasteiger partial charge in [-0.3, -0.25) is 0 Å². The van der Waals surface area contributed by atoms with Crippen molar-refractivity contribution in [1.82, 2.24) is 0 Å². The summed E-state index contributed by atoms with van der Waals surface area (Å²) >= 11 is 0. The molecule has 0 unspecified atom stereocenters. The number of benzene rings is 2. The fourth-order valence-electron chi connectivity index (χ4n) is 2.24. The van der Waals surface area contributed by atoms with Gasteiger partial charge in [0.25, 0.3) is 0 Å². The van der Waals surface area contributed by atoms with Crippen LogP contribution < -0.4 is 14.2 Å². The van der Waals surface area contributed by atoms with Crippen LogP contribution in [0.4, 0.5) is 0 Å². The highest BCUT2D eigenvalue weighted by molar-refractivity contribution is 5.98. The van der Waals surface area contributed by atoms with Gasteiger partial charge in [-0.25, -0.2) is 4.79 Å². The molecule has 0 aliphatic carbocycles. The molecule has 0 bridgehead atoms. The van der Waals surface area contributed by atoms with E-state index in [1.54, 1.807) is 26.4 Å². The van der Waals surface area contributed by atoms with Crippen LogP contribution in [0.25, 0.3) is 12.2 Å². The van der Waals surface area contributed by atoms with Crippen molar-refractivity contribution in [3.63, 3.8) is 0 Å². The van der Waals surface area contributed by atoms with Crippen LogP contribution in [0.1, 0.15) is 21.5 Å². The maximum atomic E-state index is 12.1. The number of rotatable bonds is 6. The molecular formula is C19H20O5. The Morgan fingerprint density at radius 1 is 0.833 bits per heavy atom. The zero-order valence-corrected chi connectivity index (χ0v) is 14.2. The van der Waals surface area contributed by atoms with Crippen LogP contribution in [0.3, 0.4) is 0 Å². The predicted octanol–water partition coefficient (Wildman–Crippen LogP) is 3.67. The molecule has 0 N–H and O–H groups in total. The molecule has 0 saturated carbocycles. The lowest BCUT2D eigenvalue weighted by Crippen LogP contribution is -2.07. The molecular weight excluding hydrogens is 308 g/mol. The summed E-state index contributed by atoms with van der Waals surface area (Å²) in [5, 5.41) is 0. The topological polar surface area (TPSA) is 54.0 Å². The summed E-state index contributed by atoms with van der Waals surface area (Å²) in [6, 6.07) is 11.0. The van der Waals surface area contributed by atoms with E-state index in [1.165, 1.54) is 14.2 Å². The first-order valence-electron chi connectivity index (χ1n) is 7.29. The van der Waals surface area contributed by atoms with E-state index in [4.69, 9.17) is 18.9 Å². The van der Waals surface area contributed by atoms with Gasteiger partial charge in [0.2, 0.25) is 0 Å². The highest BCUT2D eigenvalue weighted by atomic mass is 16.5. The van der Waals surface area contributed by atoms with Crippen molar-refractivity contribution >= 4 is 18.1 Å². The number of ether oxygens (including phenoxy) is 4. The van der Waals surface area contributed by atoms with E-state index < -0.39 is 5.97 Å². The van der Waals surface area contributed by atoms with Crippen molar-refractivity contribution in [3.8, 4) is 17.2 Å². The quantitative estimate of drug-likeness (QED) is 0.598. The first kappa shape index (κ1) is 17.4. The molecule has 0 aliphatic heterocycles. The smallest absolute Gasteiger partial charge is 0.342 e. The van der Waals surface area contributed by atoms with Gasteiger partial charge in [0.1, 0.15) is 22.8 Å². The molecule has 0 aliphatic rings. The van der Waals surface area contributed by atoms with Gasteiger partial charge in [-0.2, -0.15) is 0 Å². The second-order valence-electron chi connectivity index (χ2n) is 4.89. The van der Waals surface area contributed by atoms with E-state index >= 15 is 0 Å². The van der Waals surface area contributed by atoms with Crippen molar-refractivity contribution in [2.24, 2.45) is 0 Å². The van der Waals surface area contributed by atoms with Gasteiger partial charge in [0.15, 0.2) is 0 Å². The molecule has 126 valence electrons. The van der Waals surface area contributed by atoms with E-state index in [9.17, 15) is 4.79 Å². The molecule has 2 rings (SSSR count). The van der Waals surface area contributed by atoms with Crippen LogP contribution in [0.15, 0.2) is 36.4 Å². The van der Waals surface area contributed by atoms with Crippen LogP contribution in [0.5, 0.6) is 17.2 Å². The lowest BCUT2D eigenvalue weighted by molar-refractivity contribution is 0.0597. The lowest BCUT2D eigenvalue weighted by Gasteiger charge is -2.12. The summed E-state index contributed by atoms with van der Waals surface area (Å²) in [7, 11) is 6.01. The zero-order chi connectivity index (χ0) is 17.5. The molecule has 2 aromatic rings. The lowest BCUT2D eigenvalue weighted by atomic mass is 10.0. The number of esters is 1. The van der Waals surface area contributed by atoms with E-state index in [2.05, 4.69) is 0 Å². The van der Waals surface area contributed by atoms with Crippen molar-refractivity contribution in [3.05, 3.63) is 53.1 Å². The largest absolute Gasteiger partial charge is 0.497 e. The van der Waals surface area contributed by atoms with E-state index in [0.29, 0.717) is 22.6 Å². The second kappa shape index (κ2) is 8.06. The fraction of sp³-hybridized carbons (Fsp3) is 0.211. The summed E-state index contributed by atoms with van der Waals surface area (Å²) in [4.78, 5) is 12.1. The number of carbonyl (C=O) groups is 1. The van der Waals surface area contributed by atoms with Crippen LogP contribution in [0.2, 0.25) is 0 Å². The van der Waals surface area contributed by atoms with Crippen molar-refractivity contribution in [2.45, 2.75) is 0 Å². The summed E-state index contributed by atoms with van der Waals surface area (Å²) < 4.78 is 20.6. The fourth-order valence-corrected chi connectivity index (χ4v) is 2.24. The Balaban J connectivity index is 2.45. The molecule has 0 spiro atoms. The number of hydrogen-bond donors (Lipinski definition) is 0. The summed E-state index contributed by atoms with van der Waals surface area (Å²) in [5.41, 5.74) is 1.97. The molecule has 0 heterocycles. The number of methoxy groups -OCH3 is 4. The van der Waals surface area contributed by atoms with Crippen LogP contribution in [-0.4, -0.2) is 34.4 Å². The Kier molecular flexibility index (Phi) is 5.84. The predicted molar refractivity (Wildman–Crippen MR) is 92.8 cm³/mol. The van der Waals surface area contributed by atoms with Gasteiger partial charge in [-0.15, -0.1) is 0 Å². The summed E-state index contributed by atoms with van der Waals surface area (Å²) in [6.45, 7) is 0. The monoisotopic (exact) mass is 328 g/mol. The zero-order valence-electron chi connectivity index (χ0n) is 14.2. The van der Waals surface area contributed by atoms with Gasteiger partial charge in [0.05, 0.1) is 28.4 Å². The highest BCUT2D eigenvalue weighted by Crippen LogP contribution is 2.31. The molecule has 5 heteroatoms. The average molecular weight is 328 g/mol. The van der Waals surface area contributed by atoms with Crippen molar-refractivity contribution in [1.29, 1.82) is 0 Å².